The standard InChI is InChI=1S/C14H16BrN3O5S/c15-10-2-1-3-11(8-10)24(22,23)17-6-4-16(5-7-17)14(19)12-9-13(12)18(20)21/h1-3,8,12-13H,4-7,9H2. The minimum absolute atomic E-state index is 0.191. The molecule has 10 heteroatoms. The van der Waals surface area contributed by atoms with E-state index >= 15 is 0 Å². The Kier molecular flexibility index (Phi) is 4.63. The Morgan fingerprint density at radius 3 is 2.46 bits per heavy atom. The van der Waals surface area contributed by atoms with Gasteiger partial charge >= 0.3 is 0 Å². The Balaban J connectivity index is 1.63. The maximum atomic E-state index is 12.6. The molecule has 2 unspecified atom stereocenters. The Labute approximate surface area is 147 Å². The van der Waals surface area contributed by atoms with Gasteiger partial charge in [-0.3, -0.25) is 14.9 Å². The van der Waals surface area contributed by atoms with Crippen molar-refractivity contribution in [2.24, 2.45) is 5.92 Å². The van der Waals surface area contributed by atoms with Crippen LogP contribution in [0.4, 0.5) is 0 Å². The maximum absolute atomic E-state index is 12.6. The lowest BCUT2D eigenvalue weighted by atomic mass is 10.3. The first kappa shape index (κ1) is 17.3. The quantitative estimate of drug-likeness (QED) is 0.535. The number of benzene rings is 1. The van der Waals surface area contributed by atoms with Crippen molar-refractivity contribution < 1.29 is 18.1 Å². The molecule has 0 bridgehead atoms. The van der Waals surface area contributed by atoms with E-state index in [4.69, 9.17) is 0 Å². The minimum atomic E-state index is -3.61. The Hall–Kier alpha value is -1.52. The van der Waals surface area contributed by atoms with Crippen LogP contribution in [-0.4, -0.2) is 60.7 Å². The summed E-state index contributed by atoms with van der Waals surface area (Å²) >= 11 is 3.26. The summed E-state index contributed by atoms with van der Waals surface area (Å²) in [6, 6.07) is 5.70. The summed E-state index contributed by atoms with van der Waals surface area (Å²) in [5.41, 5.74) is 0. The number of halogens is 1. The van der Waals surface area contributed by atoms with E-state index < -0.39 is 26.9 Å². The van der Waals surface area contributed by atoms with Gasteiger partial charge in [-0.1, -0.05) is 22.0 Å². The van der Waals surface area contributed by atoms with Crippen LogP contribution in [0.15, 0.2) is 33.6 Å². The lowest BCUT2D eigenvalue weighted by Crippen LogP contribution is -2.51. The molecule has 2 atom stereocenters. The van der Waals surface area contributed by atoms with Crippen LogP contribution in [0.3, 0.4) is 0 Å². The van der Waals surface area contributed by atoms with Gasteiger partial charge in [-0.25, -0.2) is 8.42 Å². The molecule has 130 valence electrons. The van der Waals surface area contributed by atoms with E-state index in [1.165, 1.54) is 15.3 Å². The van der Waals surface area contributed by atoms with Crippen LogP contribution in [0.2, 0.25) is 0 Å². The molecule has 1 heterocycles. The van der Waals surface area contributed by atoms with E-state index in [9.17, 15) is 23.3 Å². The molecule has 1 aromatic carbocycles. The average Bonchev–Trinajstić information content (AvgIpc) is 3.35. The normalized spacial score (nSPS) is 24.6. The molecule has 2 aliphatic rings. The van der Waals surface area contributed by atoms with Gasteiger partial charge in [-0.05, 0) is 18.2 Å². The number of rotatable bonds is 4. The molecule has 3 rings (SSSR count). The van der Waals surface area contributed by atoms with E-state index in [-0.39, 0.29) is 43.4 Å². The van der Waals surface area contributed by atoms with E-state index in [2.05, 4.69) is 15.9 Å². The second-order valence-corrected chi connectivity index (χ2v) is 8.74. The molecular weight excluding hydrogens is 402 g/mol. The van der Waals surface area contributed by atoms with Crippen LogP contribution in [0.5, 0.6) is 0 Å². The number of carbonyl (C=O) groups excluding carboxylic acids is 1. The Morgan fingerprint density at radius 2 is 1.92 bits per heavy atom. The molecule has 1 saturated heterocycles. The van der Waals surface area contributed by atoms with Gasteiger partial charge < -0.3 is 4.90 Å². The summed E-state index contributed by atoms with van der Waals surface area (Å²) in [5.74, 6) is -0.788. The number of nitrogens with zero attached hydrogens (tertiary/aromatic N) is 3. The van der Waals surface area contributed by atoms with Crippen LogP contribution in [0.1, 0.15) is 6.42 Å². The zero-order valence-electron chi connectivity index (χ0n) is 12.7. The predicted molar refractivity (Wildman–Crippen MR) is 88.4 cm³/mol. The SMILES string of the molecule is O=C(C1CC1[N+](=O)[O-])N1CCN(S(=O)(=O)c2cccc(Br)c2)CC1. The second kappa shape index (κ2) is 6.41. The largest absolute Gasteiger partial charge is 0.340 e. The van der Waals surface area contributed by atoms with E-state index in [1.807, 2.05) is 0 Å². The van der Waals surface area contributed by atoms with E-state index in [1.54, 1.807) is 18.2 Å². The fourth-order valence-electron chi connectivity index (χ4n) is 2.84. The highest BCUT2D eigenvalue weighted by atomic mass is 79.9. The van der Waals surface area contributed by atoms with Crippen LogP contribution >= 0.6 is 15.9 Å². The fraction of sp³-hybridized carbons (Fsp3) is 0.500. The van der Waals surface area contributed by atoms with Crippen molar-refractivity contribution in [3.8, 4) is 0 Å². The minimum Gasteiger partial charge on any atom is -0.340 e. The number of hydrogen-bond donors (Lipinski definition) is 0. The molecule has 0 spiro atoms. The predicted octanol–water partition coefficient (Wildman–Crippen LogP) is 0.947. The topological polar surface area (TPSA) is 101 Å². The highest BCUT2D eigenvalue weighted by Gasteiger charge is 2.54. The first-order valence-corrected chi connectivity index (χ1v) is 9.72. The van der Waals surface area contributed by atoms with E-state index in [0.29, 0.717) is 4.47 Å². The lowest BCUT2D eigenvalue weighted by Gasteiger charge is -2.34. The smallest absolute Gasteiger partial charge is 0.243 e. The maximum Gasteiger partial charge on any atom is 0.243 e. The monoisotopic (exact) mass is 417 g/mol. The van der Waals surface area contributed by atoms with Crippen LogP contribution in [-0.2, 0) is 14.8 Å². The summed E-state index contributed by atoms with van der Waals surface area (Å²) in [6.07, 6.45) is 0.280. The Bertz CT molecular complexity index is 776. The molecule has 24 heavy (non-hydrogen) atoms. The third-order valence-corrected chi connectivity index (χ3v) is 6.72. The van der Waals surface area contributed by atoms with Crippen LogP contribution in [0.25, 0.3) is 0 Å². The number of amides is 1. The van der Waals surface area contributed by atoms with Gasteiger partial charge in [0.2, 0.25) is 22.0 Å². The average molecular weight is 418 g/mol. The van der Waals surface area contributed by atoms with Gasteiger partial charge in [-0.15, -0.1) is 0 Å². The zero-order valence-corrected chi connectivity index (χ0v) is 15.1. The van der Waals surface area contributed by atoms with Crippen molar-refractivity contribution in [3.63, 3.8) is 0 Å². The molecule has 0 aromatic heterocycles. The van der Waals surface area contributed by atoms with Crippen molar-refractivity contribution in [2.75, 3.05) is 26.2 Å². The number of piperazine rings is 1. The summed E-state index contributed by atoms with van der Waals surface area (Å²) in [7, 11) is -3.61. The highest BCUT2D eigenvalue weighted by Crippen LogP contribution is 2.35. The third kappa shape index (κ3) is 3.31. The molecule has 1 aliphatic heterocycles. The molecular formula is C14H16BrN3O5S. The number of carbonyl (C=O) groups is 1. The summed E-state index contributed by atoms with van der Waals surface area (Å²) in [6.45, 7) is 0.896. The third-order valence-electron chi connectivity index (χ3n) is 4.33. The van der Waals surface area contributed by atoms with Gasteiger partial charge in [0.05, 0.1) is 4.90 Å². The van der Waals surface area contributed by atoms with Crippen molar-refractivity contribution in [3.05, 3.63) is 38.9 Å². The number of nitro groups is 1. The molecule has 1 aromatic rings. The molecule has 8 nitrogen and oxygen atoms in total. The van der Waals surface area contributed by atoms with Crippen LogP contribution < -0.4 is 0 Å². The zero-order chi connectivity index (χ0) is 17.5. The van der Waals surface area contributed by atoms with Gasteiger partial charge in [0.15, 0.2) is 0 Å². The molecule has 2 fully saturated rings. The molecule has 1 amide bonds. The highest BCUT2D eigenvalue weighted by molar-refractivity contribution is 9.10. The summed E-state index contributed by atoms with van der Waals surface area (Å²) in [4.78, 5) is 24.2. The van der Waals surface area contributed by atoms with Crippen molar-refractivity contribution in [2.45, 2.75) is 17.4 Å². The van der Waals surface area contributed by atoms with Crippen molar-refractivity contribution >= 4 is 31.9 Å². The van der Waals surface area contributed by atoms with Crippen LogP contribution in [0, 0.1) is 16.0 Å². The summed E-state index contributed by atoms with van der Waals surface area (Å²) in [5, 5.41) is 10.7. The lowest BCUT2D eigenvalue weighted by molar-refractivity contribution is -0.497. The van der Waals surface area contributed by atoms with Gasteiger partial charge in [0.1, 0.15) is 5.92 Å². The van der Waals surface area contributed by atoms with E-state index in [0.717, 1.165) is 0 Å². The molecule has 0 radical (unpaired) electrons. The Morgan fingerprint density at radius 1 is 1.25 bits per heavy atom. The first-order chi connectivity index (χ1) is 11.3. The van der Waals surface area contributed by atoms with Gasteiger partial charge in [0.25, 0.3) is 0 Å². The first-order valence-electron chi connectivity index (χ1n) is 7.48. The second-order valence-electron chi connectivity index (χ2n) is 5.88. The number of sulfonamides is 1. The molecule has 0 N–H and O–H groups in total. The summed E-state index contributed by atoms with van der Waals surface area (Å²) < 4.78 is 27.3. The van der Waals surface area contributed by atoms with Crippen molar-refractivity contribution in [1.82, 2.24) is 9.21 Å². The van der Waals surface area contributed by atoms with Gasteiger partial charge in [0, 0.05) is 42.0 Å². The fourth-order valence-corrected chi connectivity index (χ4v) is 4.86. The molecule has 1 aliphatic carbocycles. The van der Waals surface area contributed by atoms with Crippen molar-refractivity contribution in [1.29, 1.82) is 0 Å². The molecule has 1 saturated carbocycles. The van der Waals surface area contributed by atoms with Gasteiger partial charge in [-0.2, -0.15) is 4.31 Å². The number of hydrogen-bond acceptors (Lipinski definition) is 5.